The average molecular weight is 248 g/mol. The molecule has 0 aromatic heterocycles. The largest absolute Gasteiger partial charge is 0.0619 e. The third-order valence-electron chi connectivity index (χ3n) is 2.56. The van der Waals surface area contributed by atoms with Crippen molar-refractivity contribution in [3.8, 4) is 0 Å². The molecule has 0 bridgehead atoms. The van der Waals surface area contributed by atoms with Gasteiger partial charge in [-0.05, 0) is 49.1 Å². The maximum atomic E-state index is 3.58. The molecule has 0 heterocycles. The maximum absolute atomic E-state index is 3.58. The highest BCUT2D eigenvalue weighted by molar-refractivity contribution is 9.10. The van der Waals surface area contributed by atoms with Crippen molar-refractivity contribution in [2.24, 2.45) is 0 Å². The van der Waals surface area contributed by atoms with Gasteiger partial charge >= 0.3 is 0 Å². The number of rotatable bonds is 2. The van der Waals surface area contributed by atoms with Gasteiger partial charge in [-0.2, -0.15) is 0 Å². The van der Waals surface area contributed by atoms with Crippen LogP contribution < -0.4 is 0 Å². The summed E-state index contributed by atoms with van der Waals surface area (Å²) in [6, 6.07) is 8.39. The van der Waals surface area contributed by atoms with Gasteiger partial charge in [0.2, 0.25) is 0 Å². The van der Waals surface area contributed by atoms with Crippen molar-refractivity contribution < 1.29 is 0 Å². The Morgan fingerprint density at radius 2 is 1.71 bits per heavy atom. The normalized spacial score (nSPS) is 19.9. The Bertz CT molecular complexity index is 300. The third-order valence-corrected chi connectivity index (χ3v) is 3.28. The summed E-state index contributed by atoms with van der Waals surface area (Å²) in [6.07, 6.45) is 8.51. The summed E-state index contributed by atoms with van der Waals surface area (Å²) in [7, 11) is 0. The highest BCUT2D eigenvalue weighted by Gasteiger charge is 2.25. The van der Waals surface area contributed by atoms with E-state index in [-0.39, 0.29) is 0 Å². The first-order chi connectivity index (χ1) is 6.79. The van der Waals surface area contributed by atoms with E-state index in [9.17, 15) is 0 Å². The van der Waals surface area contributed by atoms with E-state index in [1.54, 1.807) is 0 Å². The lowest BCUT2D eigenvalue weighted by atomic mass is 9.86. The summed E-state index contributed by atoms with van der Waals surface area (Å²) in [5, 5.41) is 0. The molecule has 1 aromatic carbocycles. The van der Waals surface area contributed by atoms with Gasteiger partial charge in [-0.25, -0.2) is 0 Å². The number of hydrogen-bond donors (Lipinski definition) is 0. The van der Waals surface area contributed by atoms with Crippen LogP contribution in [0.15, 0.2) is 28.7 Å². The van der Waals surface area contributed by atoms with E-state index in [4.69, 9.17) is 0 Å². The zero-order valence-corrected chi connectivity index (χ0v) is 9.66. The van der Waals surface area contributed by atoms with Crippen molar-refractivity contribution in [1.82, 2.24) is 0 Å². The van der Waals surface area contributed by atoms with Crippen LogP contribution in [0.25, 0.3) is 0 Å². The van der Waals surface area contributed by atoms with Gasteiger partial charge < -0.3 is 0 Å². The summed E-state index contributed by atoms with van der Waals surface area (Å²) in [5.74, 6) is 1.83. The van der Waals surface area contributed by atoms with E-state index in [0.29, 0.717) is 5.92 Å². The maximum Gasteiger partial charge on any atom is 0.0210 e. The van der Waals surface area contributed by atoms with Crippen LogP contribution in [0.2, 0.25) is 0 Å². The molecule has 1 aliphatic rings. The molecule has 5 radical (unpaired) electrons. The molecule has 71 valence electrons. The fourth-order valence-corrected chi connectivity index (χ4v) is 2.31. The minimum absolute atomic E-state index is 0.459. The molecule has 0 spiro atoms. The second-order valence-electron chi connectivity index (χ2n) is 3.46. The fourth-order valence-electron chi connectivity index (χ4n) is 1.68. The molecule has 0 nitrogen and oxygen atoms in total. The van der Waals surface area contributed by atoms with Gasteiger partial charge in [0.25, 0.3) is 0 Å². The Morgan fingerprint density at radius 1 is 1.07 bits per heavy atom. The summed E-state index contributed by atoms with van der Waals surface area (Å²) in [4.78, 5) is 0. The Morgan fingerprint density at radius 3 is 2.36 bits per heavy atom. The second-order valence-corrected chi connectivity index (χ2v) is 4.32. The number of halogens is 1. The van der Waals surface area contributed by atoms with Gasteiger partial charge in [0, 0.05) is 4.47 Å². The van der Waals surface area contributed by atoms with Gasteiger partial charge in [0.05, 0.1) is 0 Å². The van der Waals surface area contributed by atoms with Crippen molar-refractivity contribution in [3.05, 3.63) is 65.9 Å². The first-order valence-electron chi connectivity index (χ1n) is 4.75. The lowest BCUT2D eigenvalue weighted by Crippen LogP contribution is -2.05. The summed E-state index contributed by atoms with van der Waals surface area (Å²) < 4.78 is 1.19. The number of hydrogen-bond acceptors (Lipinski definition) is 0. The van der Waals surface area contributed by atoms with Crippen LogP contribution >= 0.6 is 15.9 Å². The summed E-state index contributed by atoms with van der Waals surface area (Å²) >= 11 is 3.58. The zero-order valence-electron chi connectivity index (χ0n) is 8.07. The smallest absolute Gasteiger partial charge is 0.0210 e. The van der Waals surface area contributed by atoms with Crippen LogP contribution in [0.5, 0.6) is 0 Å². The molecule has 1 fully saturated rings. The molecule has 0 N–H and O–H groups in total. The molecule has 1 atom stereocenters. The second kappa shape index (κ2) is 4.48. The average Bonchev–Trinajstić information content (AvgIpc) is 2.70. The predicted molar refractivity (Wildman–Crippen MR) is 63.0 cm³/mol. The first-order valence-corrected chi connectivity index (χ1v) is 5.54. The van der Waals surface area contributed by atoms with Crippen LogP contribution in [-0.4, -0.2) is 0 Å². The molecule has 0 unspecified atom stereocenters. The molecule has 14 heavy (non-hydrogen) atoms. The van der Waals surface area contributed by atoms with Gasteiger partial charge in [0.15, 0.2) is 0 Å². The van der Waals surface area contributed by atoms with Crippen LogP contribution in [-0.2, 0) is 0 Å². The van der Waals surface area contributed by atoms with E-state index >= 15 is 0 Å². The van der Waals surface area contributed by atoms with Crippen molar-refractivity contribution in [3.63, 3.8) is 0 Å². The third kappa shape index (κ3) is 2.03. The predicted octanol–water partition coefficient (Wildman–Crippen LogP) is 3.96. The Kier molecular flexibility index (Phi) is 3.27. The monoisotopic (exact) mass is 247 g/mol. The molecule has 0 saturated heterocycles. The quantitative estimate of drug-likeness (QED) is 0.743. The van der Waals surface area contributed by atoms with E-state index in [2.05, 4.69) is 66.7 Å². The van der Waals surface area contributed by atoms with Crippen LogP contribution in [0, 0.1) is 31.6 Å². The molecule has 1 heteroatoms. The lowest BCUT2D eigenvalue weighted by Gasteiger charge is -2.19. The summed E-state index contributed by atoms with van der Waals surface area (Å²) in [5.41, 5.74) is 1.35. The van der Waals surface area contributed by atoms with E-state index in [1.165, 1.54) is 16.0 Å². The summed E-state index contributed by atoms with van der Waals surface area (Å²) in [6.45, 7) is 2.23. The van der Waals surface area contributed by atoms with E-state index in [1.807, 2.05) is 6.07 Å². The lowest BCUT2D eigenvalue weighted by molar-refractivity contribution is 0.822. The molecule has 0 amide bonds. The fraction of sp³-hybridized carbons (Fsp3) is 0.154. The van der Waals surface area contributed by atoms with Gasteiger partial charge in [0.1, 0.15) is 0 Å². The van der Waals surface area contributed by atoms with E-state index in [0.717, 1.165) is 0 Å². The Balaban J connectivity index is 2.17. The zero-order chi connectivity index (χ0) is 9.97. The first kappa shape index (κ1) is 10.2. The minimum atomic E-state index is 0.459. The molecule has 1 aromatic rings. The van der Waals surface area contributed by atoms with Gasteiger partial charge in [-0.1, -0.05) is 41.1 Å². The minimum Gasteiger partial charge on any atom is -0.0619 e. The SMILES string of the molecule is C[C@@H]([C]1[CH][CH][CH][CH]1)c1ccccc1Br. The molecular weight excluding hydrogens is 236 g/mol. The Hall–Kier alpha value is -0.300. The Labute approximate surface area is 94.8 Å². The molecule has 2 rings (SSSR count). The molecule has 1 saturated carbocycles. The van der Waals surface area contributed by atoms with Crippen molar-refractivity contribution in [2.45, 2.75) is 12.8 Å². The highest BCUT2D eigenvalue weighted by atomic mass is 79.9. The molecule has 1 aliphatic carbocycles. The van der Waals surface area contributed by atoms with Crippen molar-refractivity contribution in [1.29, 1.82) is 0 Å². The number of benzene rings is 1. The van der Waals surface area contributed by atoms with Crippen LogP contribution in [0.1, 0.15) is 18.4 Å². The van der Waals surface area contributed by atoms with E-state index < -0.39 is 0 Å². The van der Waals surface area contributed by atoms with Crippen LogP contribution in [0.4, 0.5) is 0 Å². The van der Waals surface area contributed by atoms with Crippen molar-refractivity contribution in [2.75, 3.05) is 0 Å². The van der Waals surface area contributed by atoms with Gasteiger partial charge in [-0.15, -0.1) is 0 Å². The molecule has 0 aliphatic heterocycles. The topological polar surface area (TPSA) is 0 Å². The van der Waals surface area contributed by atoms with Crippen molar-refractivity contribution >= 4 is 15.9 Å². The van der Waals surface area contributed by atoms with Crippen LogP contribution in [0.3, 0.4) is 0 Å². The molecular formula is C13H12Br. The van der Waals surface area contributed by atoms with Gasteiger partial charge in [-0.3, -0.25) is 0 Å². The standard InChI is InChI=1S/C13H12Br/c1-10(11-6-2-3-7-11)12-8-4-5-9-13(12)14/h2-10H,1H3/t10-/m0/s1. The highest BCUT2D eigenvalue weighted by Crippen LogP contribution is 2.38.